The molecular weight excluding hydrogens is 135 g/mol. The van der Waals surface area contributed by atoms with Gasteiger partial charge in [-0.25, -0.2) is 0 Å². The fourth-order valence-electron chi connectivity index (χ4n) is 0.0995. The lowest BCUT2D eigenvalue weighted by Crippen LogP contribution is -2.03. The summed E-state index contributed by atoms with van der Waals surface area (Å²) in [6.07, 6.45) is 0.398. The Hall–Kier alpha value is -0.710. The van der Waals surface area contributed by atoms with E-state index in [1.165, 1.54) is 0 Å². The first-order valence-corrected chi connectivity index (χ1v) is 2.98. The summed E-state index contributed by atoms with van der Waals surface area (Å²) in [6.45, 7) is 2.76. The molecule has 0 radical (unpaired) electrons. The Morgan fingerprint density at radius 1 is 1.62 bits per heavy atom. The smallest absolute Gasteiger partial charge is 0.274 e. The van der Waals surface area contributed by atoms with Gasteiger partial charge in [-0.05, 0) is 6.08 Å². The maximum atomic E-state index is 11.3. The Balaban J connectivity index is 4.53. The Labute approximate surface area is 46.0 Å². The van der Waals surface area contributed by atoms with Crippen molar-refractivity contribution in [2.75, 3.05) is 0 Å². The molecule has 0 amide bonds. The van der Waals surface area contributed by atoms with Crippen molar-refractivity contribution in [1.82, 2.24) is 0 Å². The number of hydrogen-bond acceptors (Lipinski definition) is 3. The molecule has 46 valence electrons. The van der Waals surface area contributed by atoms with E-state index in [0.29, 0.717) is 6.08 Å². The summed E-state index contributed by atoms with van der Waals surface area (Å²) in [5.41, 5.74) is 0. The van der Waals surface area contributed by atoms with Crippen LogP contribution in [-0.2, 0) is 15.0 Å². The van der Waals surface area contributed by atoms with E-state index in [0.717, 1.165) is 0 Å². The molecule has 0 unspecified atom stereocenters. The number of carbonyl (C=O) groups is 1. The maximum Gasteiger partial charge on any atom is 0.370 e. The molecule has 0 aliphatic heterocycles. The van der Waals surface area contributed by atoms with E-state index in [4.69, 9.17) is 0 Å². The summed E-state index contributed by atoms with van der Waals surface area (Å²) < 4.78 is 30.3. The van der Waals surface area contributed by atoms with Gasteiger partial charge in [-0.1, -0.05) is 10.5 Å². The molecule has 0 aromatic rings. The summed E-state index contributed by atoms with van der Waals surface area (Å²) >= 11 is 0. The molecular formula is C3H3FO3S. The molecule has 0 saturated carbocycles. The summed E-state index contributed by atoms with van der Waals surface area (Å²) in [5, 5.41) is -1.60. The van der Waals surface area contributed by atoms with Gasteiger partial charge in [-0.3, -0.25) is 4.79 Å². The maximum absolute atomic E-state index is 11.3. The second-order valence-electron chi connectivity index (χ2n) is 0.961. The van der Waals surface area contributed by atoms with Crippen molar-refractivity contribution in [3.8, 4) is 0 Å². The highest BCUT2D eigenvalue weighted by molar-refractivity contribution is 8.02. The highest BCUT2D eigenvalue weighted by Gasteiger charge is 2.14. The first-order chi connectivity index (χ1) is 3.48. The van der Waals surface area contributed by atoms with Crippen LogP contribution in [0.1, 0.15) is 0 Å². The van der Waals surface area contributed by atoms with Crippen LogP contribution < -0.4 is 0 Å². The van der Waals surface area contributed by atoms with Gasteiger partial charge in [0, 0.05) is 0 Å². The van der Waals surface area contributed by atoms with Gasteiger partial charge < -0.3 is 0 Å². The van der Waals surface area contributed by atoms with E-state index in [-0.39, 0.29) is 0 Å². The largest absolute Gasteiger partial charge is 0.370 e. The summed E-state index contributed by atoms with van der Waals surface area (Å²) in [7, 11) is -5.01. The fourth-order valence-corrected chi connectivity index (χ4v) is 0.299. The highest BCUT2D eigenvalue weighted by Crippen LogP contribution is 1.91. The number of carbonyl (C=O) groups excluding carboxylic acids is 1. The normalized spacial score (nSPS) is 10.6. The van der Waals surface area contributed by atoms with Crippen molar-refractivity contribution in [1.29, 1.82) is 0 Å². The molecule has 0 fully saturated rings. The van der Waals surface area contributed by atoms with Gasteiger partial charge in [-0.15, -0.1) is 0 Å². The second-order valence-corrected chi connectivity index (χ2v) is 2.24. The Morgan fingerprint density at radius 3 is 2.00 bits per heavy atom. The summed E-state index contributed by atoms with van der Waals surface area (Å²) in [6, 6.07) is 0. The van der Waals surface area contributed by atoms with Crippen molar-refractivity contribution in [2.24, 2.45) is 0 Å². The molecule has 8 heavy (non-hydrogen) atoms. The van der Waals surface area contributed by atoms with Crippen LogP contribution in [0.3, 0.4) is 0 Å². The van der Waals surface area contributed by atoms with Gasteiger partial charge in [0.2, 0.25) is 0 Å². The van der Waals surface area contributed by atoms with Crippen molar-refractivity contribution in [3.05, 3.63) is 12.7 Å². The summed E-state index contributed by atoms with van der Waals surface area (Å²) in [5.74, 6) is 0. The second kappa shape index (κ2) is 2.04. The molecule has 0 aliphatic rings. The van der Waals surface area contributed by atoms with Crippen LogP contribution in [0.2, 0.25) is 0 Å². The van der Waals surface area contributed by atoms with Crippen LogP contribution in [0.25, 0.3) is 0 Å². The first-order valence-electron chi connectivity index (χ1n) is 1.59. The average Bonchev–Trinajstić information content (AvgIpc) is 1.62. The van der Waals surface area contributed by atoms with E-state index in [9.17, 15) is 17.1 Å². The highest BCUT2D eigenvalue weighted by atomic mass is 32.3. The van der Waals surface area contributed by atoms with E-state index in [2.05, 4.69) is 6.58 Å². The Kier molecular flexibility index (Phi) is 1.86. The molecule has 0 heterocycles. The zero-order valence-corrected chi connectivity index (χ0v) is 4.61. The third-order valence-electron chi connectivity index (χ3n) is 0.407. The zero-order valence-electron chi connectivity index (χ0n) is 3.80. The zero-order chi connectivity index (χ0) is 6.78. The van der Waals surface area contributed by atoms with Gasteiger partial charge in [0.1, 0.15) is 0 Å². The minimum absolute atomic E-state index is 0.398. The first kappa shape index (κ1) is 7.29. The molecule has 0 atom stereocenters. The SMILES string of the molecule is C=CC(=O)S(=O)(=O)F. The third kappa shape index (κ3) is 1.83. The van der Waals surface area contributed by atoms with Crippen LogP contribution in [0, 0.1) is 0 Å². The lowest BCUT2D eigenvalue weighted by molar-refractivity contribution is -0.108. The molecule has 0 spiro atoms. The lowest BCUT2D eigenvalue weighted by Gasteiger charge is -1.78. The molecule has 0 bridgehead atoms. The van der Waals surface area contributed by atoms with Crippen LogP contribution in [0.4, 0.5) is 3.89 Å². The van der Waals surface area contributed by atoms with Gasteiger partial charge in [-0.2, -0.15) is 8.42 Å². The van der Waals surface area contributed by atoms with Crippen LogP contribution in [0.15, 0.2) is 12.7 Å². The molecule has 0 rings (SSSR count). The van der Waals surface area contributed by atoms with E-state index in [1.54, 1.807) is 0 Å². The standard InChI is InChI=1S/C3H3FO3S/c1-2-3(5)8(4,6)7/h2H,1H2. The molecule has 0 N–H and O–H groups in total. The number of rotatable bonds is 1. The molecule has 0 aromatic heterocycles. The monoisotopic (exact) mass is 138 g/mol. The predicted octanol–water partition coefficient (Wildman–Crippen LogP) is -0.00170. The average molecular weight is 138 g/mol. The summed E-state index contributed by atoms with van der Waals surface area (Å²) in [4.78, 5) is 9.75. The van der Waals surface area contributed by atoms with E-state index in [1.807, 2.05) is 0 Å². The van der Waals surface area contributed by atoms with Crippen molar-refractivity contribution < 1.29 is 17.1 Å². The Morgan fingerprint density at radius 2 is 2.00 bits per heavy atom. The van der Waals surface area contributed by atoms with Crippen molar-refractivity contribution in [3.63, 3.8) is 0 Å². The third-order valence-corrected chi connectivity index (χ3v) is 1.05. The molecule has 0 aromatic carbocycles. The van der Waals surface area contributed by atoms with Crippen LogP contribution in [-0.4, -0.2) is 13.5 Å². The minimum atomic E-state index is -5.01. The van der Waals surface area contributed by atoms with E-state index >= 15 is 0 Å². The van der Waals surface area contributed by atoms with Crippen molar-refractivity contribution in [2.45, 2.75) is 0 Å². The topological polar surface area (TPSA) is 51.2 Å². The molecule has 0 aliphatic carbocycles. The van der Waals surface area contributed by atoms with Crippen molar-refractivity contribution >= 4 is 15.3 Å². The van der Waals surface area contributed by atoms with Crippen LogP contribution >= 0.6 is 0 Å². The van der Waals surface area contributed by atoms with Gasteiger partial charge in [0.05, 0.1) is 0 Å². The van der Waals surface area contributed by atoms with Gasteiger partial charge in [0.25, 0.3) is 5.12 Å². The predicted molar refractivity (Wildman–Crippen MR) is 25.2 cm³/mol. The Bertz CT molecular complexity index is 203. The van der Waals surface area contributed by atoms with Gasteiger partial charge in [0.15, 0.2) is 0 Å². The van der Waals surface area contributed by atoms with Crippen LogP contribution in [0.5, 0.6) is 0 Å². The fraction of sp³-hybridized carbons (Fsp3) is 0. The molecule has 5 heteroatoms. The number of hydrogen-bond donors (Lipinski definition) is 0. The minimum Gasteiger partial charge on any atom is -0.274 e. The van der Waals surface area contributed by atoms with E-state index < -0.39 is 15.3 Å². The van der Waals surface area contributed by atoms with Gasteiger partial charge >= 0.3 is 10.2 Å². The quantitative estimate of drug-likeness (QED) is 0.378. The molecule has 3 nitrogen and oxygen atoms in total. The number of halogens is 1. The molecule has 0 saturated heterocycles. The lowest BCUT2D eigenvalue weighted by atomic mass is 10.7.